The molecule has 3 heterocycles. The summed E-state index contributed by atoms with van der Waals surface area (Å²) in [4.78, 5) is 31.9. The van der Waals surface area contributed by atoms with Gasteiger partial charge in [-0.3, -0.25) is 14.5 Å². The summed E-state index contributed by atoms with van der Waals surface area (Å²) in [5.74, 6) is 0.574. The fraction of sp³-hybridized carbons (Fsp3) is 0.636. The minimum absolute atomic E-state index is 0.0782. The summed E-state index contributed by atoms with van der Waals surface area (Å²) < 4.78 is 5.45. The number of ether oxygens (including phenoxy) is 1. The molecule has 0 spiro atoms. The van der Waals surface area contributed by atoms with Crippen molar-refractivity contribution in [3.8, 4) is 5.75 Å². The van der Waals surface area contributed by atoms with Gasteiger partial charge in [0.25, 0.3) is 5.91 Å². The second-order valence-corrected chi connectivity index (χ2v) is 8.08. The molecule has 1 unspecified atom stereocenters. The van der Waals surface area contributed by atoms with E-state index in [9.17, 15) is 9.59 Å². The van der Waals surface area contributed by atoms with Crippen molar-refractivity contribution in [3.05, 3.63) is 24.3 Å². The van der Waals surface area contributed by atoms with E-state index >= 15 is 0 Å². The summed E-state index contributed by atoms with van der Waals surface area (Å²) in [7, 11) is 0. The fourth-order valence-corrected chi connectivity index (χ4v) is 4.88. The van der Waals surface area contributed by atoms with Crippen LogP contribution in [-0.2, 0) is 9.59 Å². The lowest BCUT2D eigenvalue weighted by molar-refractivity contribution is -0.123. The third-order valence-electron chi connectivity index (χ3n) is 6.38. The van der Waals surface area contributed by atoms with Gasteiger partial charge in [0, 0.05) is 19.1 Å². The van der Waals surface area contributed by atoms with Crippen molar-refractivity contribution in [2.24, 2.45) is 0 Å². The van der Waals surface area contributed by atoms with E-state index < -0.39 is 0 Å². The Balaban J connectivity index is 1.37. The van der Waals surface area contributed by atoms with Gasteiger partial charge < -0.3 is 9.64 Å². The van der Waals surface area contributed by atoms with Crippen molar-refractivity contribution < 1.29 is 14.3 Å². The van der Waals surface area contributed by atoms with Crippen LogP contribution in [0, 0.1) is 0 Å². The van der Waals surface area contributed by atoms with Gasteiger partial charge in [-0.05, 0) is 70.0 Å². The van der Waals surface area contributed by atoms with E-state index in [1.807, 2.05) is 19.1 Å². The molecule has 1 aromatic rings. The van der Waals surface area contributed by atoms with E-state index in [0.29, 0.717) is 24.8 Å². The molecule has 3 fully saturated rings. The summed E-state index contributed by atoms with van der Waals surface area (Å²) in [5.41, 5.74) is 0.643. The van der Waals surface area contributed by atoms with Crippen LogP contribution >= 0.6 is 0 Å². The third-order valence-corrected chi connectivity index (χ3v) is 6.38. The molecule has 1 atom stereocenters. The Morgan fingerprint density at radius 2 is 1.61 bits per heavy atom. The number of likely N-dealkylation sites (tertiary alicyclic amines) is 2. The Labute approximate surface area is 167 Å². The number of hydrogen-bond acceptors (Lipinski definition) is 5. The monoisotopic (exact) mass is 385 g/mol. The van der Waals surface area contributed by atoms with Crippen LogP contribution in [0.1, 0.15) is 45.4 Å². The van der Waals surface area contributed by atoms with Gasteiger partial charge in [0.1, 0.15) is 5.75 Å². The van der Waals surface area contributed by atoms with Crippen LogP contribution < -0.4 is 9.64 Å². The van der Waals surface area contributed by atoms with Crippen molar-refractivity contribution in [2.45, 2.75) is 57.5 Å². The first-order chi connectivity index (χ1) is 13.7. The molecule has 0 aromatic heterocycles. The number of benzene rings is 1. The third kappa shape index (κ3) is 3.94. The van der Waals surface area contributed by atoms with Crippen molar-refractivity contribution in [3.63, 3.8) is 0 Å². The molecule has 6 heteroatoms. The molecule has 0 N–H and O–H groups in total. The second kappa shape index (κ2) is 8.62. The number of carbonyl (C=O) groups excluding carboxylic acids is 2. The van der Waals surface area contributed by atoms with Crippen molar-refractivity contribution in [2.75, 3.05) is 37.7 Å². The molecule has 152 valence electrons. The van der Waals surface area contributed by atoms with E-state index in [0.717, 1.165) is 31.7 Å². The summed E-state index contributed by atoms with van der Waals surface area (Å²) in [5, 5.41) is 0. The first kappa shape index (κ1) is 19.4. The first-order valence-corrected chi connectivity index (χ1v) is 10.7. The Bertz CT molecular complexity index is 691. The van der Waals surface area contributed by atoms with Crippen LogP contribution in [0.4, 0.5) is 5.69 Å². The molecule has 0 bridgehead atoms. The average Bonchev–Trinajstić information content (AvgIpc) is 3.04. The molecule has 2 amide bonds. The zero-order valence-corrected chi connectivity index (χ0v) is 16.8. The molecular weight excluding hydrogens is 354 g/mol. The highest BCUT2D eigenvalue weighted by Gasteiger charge is 2.43. The Hall–Kier alpha value is -1.92. The molecular formula is C22H31N3O3. The maximum absolute atomic E-state index is 13.0. The zero-order valence-electron chi connectivity index (χ0n) is 16.8. The lowest BCUT2D eigenvalue weighted by atomic mass is 9.98. The van der Waals surface area contributed by atoms with Crippen LogP contribution in [0.2, 0.25) is 0 Å². The van der Waals surface area contributed by atoms with Crippen molar-refractivity contribution >= 4 is 17.5 Å². The van der Waals surface area contributed by atoms with Gasteiger partial charge in [0.2, 0.25) is 5.91 Å². The van der Waals surface area contributed by atoms with E-state index in [2.05, 4.69) is 9.80 Å². The summed E-state index contributed by atoms with van der Waals surface area (Å²) in [6.45, 7) is 6.77. The molecule has 3 aliphatic rings. The first-order valence-electron chi connectivity index (χ1n) is 10.7. The predicted molar refractivity (Wildman–Crippen MR) is 109 cm³/mol. The number of imide groups is 1. The SMILES string of the molecule is CCOc1ccc(N2C(=O)CC(N3CCC(N4CCCCC4)CC3)C2=O)cc1. The number of amides is 2. The van der Waals surface area contributed by atoms with Gasteiger partial charge in [0.05, 0.1) is 24.8 Å². The summed E-state index contributed by atoms with van der Waals surface area (Å²) >= 11 is 0. The van der Waals surface area contributed by atoms with Gasteiger partial charge in [0.15, 0.2) is 0 Å². The highest BCUT2D eigenvalue weighted by Crippen LogP contribution is 2.30. The topological polar surface area (TPSA) is 53.1 Å². The van der Waals surface area contributed by atoms with E-state index in [-0.39, 0.29) is 17.9 Å². The van der Waals surface area contributed by atoms with Gasteiger partial charge in [-0.2, -0.15) is 0 Å². The molecule has 28 heavy (non-hydrogen) atoms. The minimum Gasteiger partial charge on any atom is -0.494 e. The molecule has 3 saturated heterocycles. The largest absolute Gasteiger partial charge is 0.494 e. The normalized spacial score (nSPS) is 25.5. The van der Waals surface area contributed by atoms with Crippen LogP contribution in [0.15, 0.2) is 24.3 Å². The molecule has 0 radical (unpaired) electrons. The van der Waals surface area contributed by atoms with Crippen molar-refractivity contribution in [1.29, 1.82) is 0 Å². The smallest absolute Gasteiger partial charge is 0.251 e. The highest BCUT2D eigenvalue weighted by molar-refractivity contribution is 6.22. The molecule has 0 saturated carbocycles. The maximum Gasteiger partial charge on any atom is 0.251 e. The molecule has 0 aliphatic carbocycles. The van der Waals surface area contributed by atoms with Crippen LogP contribution in [0.5, 0.6) is 5.75 Å². The van der Waals surface area contributed by atoms with Crippen LogP contribution in [0.3, 0.4) is 0 Å². The summed E-state index contributed by atoms with van der Waals surface area (Å²) in [6.07, 6.45) is 6.47. The van der Waals surface area contributed by atoms with Gasteiger partial charge in [-0.25, -0.2) is 4.90 Å². The molecule has 4 rings (SSSR count). The number of anilines is 1. The van der Waals surface area contributed by atoms with E-state index in [1.54, 1.807) is 12.1 Å². The highest BCUT2D eigenvalue weighted by atomic mass is 16.5. The number of rotatable bonds is 5. The van der Waals surface area contributed by atoms with Crippen molar-refractivity contribution in [1.82, 2.24) is 9.80 Å². The maximum atomic E-state index is 13.0. The summed E-state index contributed by atoms with van der Waals surface area (Å²) in [6, 6.07) is 7.57. The van der Waals surface area contributed by atoms with Gasteiger partial charge in [-0.15, -0.1) is 0 Å². The molecule has 6 nitrogen and oxygen atoms in total. The van der Waals surface area contributed by atoms with Crippen LogP contribution in [-0.4, -0.2) is 66.5 Å². The lowest BCUT2D eigenvalue weighted by Crippen LogP contribution is -2.51. The minimum atomic E-state index is -0.304. The lowest BCUT2D eigenvalue weighted by Gasteiger charge is -2.41. The van der Waals surface area contributed by atoms with E-state index in [1.165, 1.54) is 37.3 Å². The number of hydrogen-bond donors (Lipinski definition) is 0. The number of piperidine rings is 2. The Kier molecular flexibility index (Phi) is 5.97. The van der Waals surface area contributed by atoms with Gasteiger partial charge >= 0.3 is 0 Å². The predicted octanol–water partition coefficient (Wildman–Crippen LogP) is 2.67. The average molecular weight is 386 g/mol. The fourth-order valence-electron chi connectivity index (χ4n) is 4.88. The van der Waals surface area contributed by atoms with Gasteiger partial charge in [-0.1, -0.05) is 6.42 Å². The molecule has 3 aliphatic heterocycles. The van der Waals surface area contributed by atoms with Crippen LogP contribution in [0.25, 0.3) is 0 Å². The second-order valence-electron chi connectivity index (χ2n) is 8.08. The molecule has 1 aromatic carbocycles. The number of carbonyl (C=O) groups is 2. The van der Waals surface area contributed by atoms with E-state index in [4.69, 9.17) is 4.74 Å². The standard InChI is InChI=1S/C22H31N3O3/c1-2-28-19-8-6-18(7-9-19)25-21(26)16-20(22(25)27)24-14-10-17(11-15-24)23-12-4-3-5-13-23/h6-9,17,20H,2-5,10-16H2,1H3. The zero-order chi connectivity index (χ0) is 19.5. The Morgan fingerprint density at radius 1 is 0.929 bits per heavy atom. The quantitative estimate of drug-likeness (QED) is 0.730. The number of nitrogens with zero attached hydrogens (tertiary/aromatic N) is 3. The Morgan fingerprint density at radius 3 is 2.25 bits per heavy atom.